The van der Waals surface area contributed by atoms with Gasteiger partial charge in [0.15, 0.2) is 17.6 Å². The Morgan fingerprint density at radius 3 is 2.65 bits per heavy atom. The molecule has 1 atom stereocenters. The van der Waals surface area contributed by atoms with Crippen LogP contribution in [0.1, 0.15) is 24.2 Å². The van der Waals surface area contributed by atoms with Gasteiger partial charge in [-0.2, -0.15) is 0 Å². The van der Waals surface area contributed by atoms with Gasteiger partial charge in [-0.05, 0) is 38.1 Å². The highest BCUT2D eigenvalue weighted by molar-refractivity contribution is 5.96. The number of hydrogen-bond acceptors (Lipinski definition) is 6. The van der Waals surface area contributed by atoms with Gasteiger partial charge in [-0.3, -0.25) is 19.7 Å². The lowest BCUT2D eigenvalue weighted by molar-refractivity contribution is -0.383. The maximum absolute atomic E-state index is 12.3. The molecule has 0 aliphatic heterocycles. The molecule has 0 saturated heterocycles. The van der Waals surface area contributed by atoms with E-state index in [2.05, 4.69) is 5.32 Å². The summed E-state index contributed by atoms with van der Waals surface area (Å²) in [4.78, 5) is 33.6. The predicted octanol–water partition coefficient (Wildman–Crippen LogP) is 3.21. The third-order valence-electron chi connectivity index (χ3n) is 3.44. The molecule has 0 spiro atoms. The standard InChI is InChI=1S/C18H18N2O6/c1-3-25-17-10-13(11-21)8-9-16(17)26-12(2)18(22)19-14-6-4-5-7-15(14)20(23)24/h4-12H,3H2,1-2H3,(H,19,22)/t12-/m0/s1. The van der Waals surface area contributed by atoms with Crippen LogP contribution < -0.4 is 14.8 Å². The van der Waals surface area contributed by atoms with E-state index in [0.717, 1.165) is 0 Å². The van der Waals surface area contributed by atoms with Crippen LogP contribution in [0.4, 0.5) is 11.4 Å². The lowest BCUT2D eigenvalue weighted by Crippen LogP contribution is -2.30. The van der Waals surface area contributed by atoms with Crippen molar-refractivity contribution in [1.29, 1.82) is 0 Å². The van der Waals surface area contributed by atoms with Crippen molar-refractivity contribution in [2.24, 2.45) is 0 Å². The summed E-state index contributed by atoms with van der Waals surface area (Å²) in [6.45, 7) is 3.64. The van der Waals surface area contributed by atoms with E-state index in [1.54, 1.807) is 13.0 Å². The van der Waals surface area contributed by atoms with Crippen molar-refractivity contribution in [3.05, 3.63) is 58.1 Å². The van der Waals surface area contributed by atoms with Crippen molar-refractivity contribution in [2.75, 3.05) is 11.9 Å². The van der Waals surface area contributed by atoms with E-state index >= 15 is 0 Å². The van der Waals surface area contributed by atoms with Crippen LogP contribution in [-0.2, 0) is 4.79 Å². The molecule has 26 heavy (non-hydrogen) atoms. The number of nitro groups is 1. The fraction of sp³-hybridized carbons (Fsp3) is 0.222. The van der Waals surface area contributed by atoms with E-state index in [9.17, 15) is 19.7 Å². The van der Waals surface area contributed by atoms with Crippen LogP contribution in [0, 0.1) is 10.1 Å². The molecule has 1 N–H and O–H groups in total. The van der Waals surface area contributed by atoms with Crippen molar-refractivity contribution in [3.8, 4) is 11.5 Å². The summed E-state index contributed by atoms with van der Waals surface area (Å²) in [6.07, 6.45) is -0.271. The van der Waals surface area contributed by atoms with Gasteiger partial charge in [0.2, 0.25) is 0 Å². The fourth-order valence-corrected chi connectivity index (χ4v) is 2.18. The Morgan fingerprint density at radius 1 is 1.27 bits per heavy atom. The fourth-order valence-electron chi connectivity index (χ4n) is 2.18. The first-order valence-electron chi connectivity index (χ1n) is 7.89. The zero-order chi connectivity index (χ0) is 19.1. The maximum Gasteiger partial charge on any atom is 0.292 e. The van der Waals surface area contributed by atoms with Crippen LogP contribution >= 0.6 is 0 Å². The summed E-state index contributed by atoms with van der Waals surface area (Å²) in [5, 5.41) is 13.5. The summed E-state index contributed by atoms with van der Waals surface area (Å²) in [5.41, 5.74) is 0.287. The van der Waals surface area contributed by atoms with E-state index < -0.39 is 16.9 Å². The van der Waals surface area contributed by atoms with Crippen molar-refractivity contribution >= 4 is 23.6 Å². The van der Waals surface area contributed by atoms with Gasteiger partial charge >= 0.3 is 0 Å². The smallest absolute Gasteiger partial charge is 0.292 e. The van der Waals surface area contributed by atoms with Crippen LogP contribution in [0.5, 0.6) is 11.5 Å². The van der Waals surface area contributed by atoms with Gasteiger partial charge in [0, 0.05) is 11.6 Å². The first-order valence-corrected chi connectivity index (χ1v) is 7.89. The highest BCUT2D eigenvalue weighted by Crippen LogP contribution is 2.29. The topological polar surface area (TPSA) is 108 Å². The third-order valence-corrected chi connectivity index (χ3v) is 3.44. The van der Waals surface area contributed by atoms with Gasteiger partial charge in [0.05, 0.1) is 11.5 Å². The monoisotopic (exact) mass is 358 g/mol. The zero-order valence-corrected chi connectivity index (χ0v) is 14.3. The number of ether oxygens (including phenoxy) is 2. The Kier molecular flexibility index (Phi) is 6.26. The average Bonchev–Trinajstić information content (AvgIpc) is 2.63. The summed E-state index contributed by atoms with van der Waals surface area (Å²) in [6, 6.07) is 10.4. The van der Waals surface area contributed by atoms with Crippen molar-refractivity contribution in [2.45, 2.75) is 20.0 Å². The molecular formula is C18H18N2O6. The molecule has 1 amide bonds. The van der Waals surface area contributed by atoms with E-state index in [-0.39, 0.29) is 11.4 Å². The molecule has 0 unspecified atom stereocenters. The quantitative estimate of drug-likeness (QED) is 0.441. The molecule has 2 aromatic carbocycles. The van der Waals surface area contributed by atoms with Gasteiger partial charge in [0.25, 0.3) is 11.6 Å². The lowest BCUT2D eigenvalue weighted by atomic mass is 10.2. The molecule has 0 aliphatic rings. The molecule has 0 bridgehead atoms. The third kappa shape index (κ3) is 4.56. The van der Waals surface area contributed by atoms with E-state index in [1.807, 2.05) is 0 Å². The zero-order valence-electron chi connectivity index (χ0n) is 14.3. The van der Waals surface area contributed by atoms with Gasteiger partial charge in [0.1, 0.15) is 12.0 Å². The van der Waals surface area contributed by atoms with Crippen LogP contribution in [0.25, 0.3) is 0 Å². The van der Waals surface area contributed by atoms with Crippen LogP contribution in [0.15, 0.2) is 42.5 Å². The minimum atomic E-state index is -0.948. The highest BCUT2D eigenvalue weighted by atomic mass is 16.6. The number of hydrogen-bond donors (Lipinski definition) is 1. The molecular weight excluding hydrogens is 340 g/mol. The number of nitro benzene ring substituents is 1. The Morgan fingerprint density at radius 2 is 2.00 bits per heavy atom. The highest BCUT2D eigenvalue weighted by Gasteiger charge is 2.21. The van der Waals surface area contributed by atoms with Crippen molar-refractivity contribution in [1.82, 2.24) is 0 Å². The molecule has 8 heteroatoms. The molecule has 0 heterocycles. The molecule has 2 aromatic rings. The number of rotatable bonds is 8. The lowest BCUT2D eigenvalue weighted by Gasteiger charge is -2.17. The molecule has 8 nitrogen and oxygen atoms in total. The molecule has 0 saturated carbocycles. The van der Waals surface area contributed by atoms with Crippen LogP contribution in [0.2, 0.25) is 0 Å². The summed E-state index contributed by atoms with van der Waals surface area (Å²) < 4.78 is 11.0. The minimum absolute atomic E-state index is 0.0827. The molecule has 0 aliphatic carbocycles. The van der Waals surface area contributed by atoms with E-state index in [1.165, 1.54) is 43.3 Å². The molecule has 136 valence electrons. The first-order chi connectivity index (χ1) is 12.5. The Balaban J connectivity index is 2.15. The van der Waals surface area contributed by atoms with E-state index in [4.69, 9.17) is 9.47 Å². The number of anilines is 1. The number of carbonyl (C=O) groups is 2. The SMILES string of the molecule is CCOc1cc(C=O)ccc1O[C@@H](C)C(=O)Nc1ccccc1[N+](=O)[O-]. The van der Waals surface area contributed by atoms with Crippen LogP contribution in [0.3, 0.4) is 0 Å². The first kappa shape index (κ1) is 18.9. The number of nitrogens with one attached hydrogen (secondary N) is 1. The summed E-state index contributed by atoms with van der Waals surface area (Å²) in [7, 11) is 0. The number of amides is 1. The average molecular weight is 358 g/mol. The molecule has 2 rings (SSSR count). The number of nitrogens with zero attached hydrogens (tertiary/aromatic N) is 1. The number of aldehydes is 1. The van der Waals surface area contributed by atoms with Crippen LogP contribution in [-0.4, -0.2) is 29.8 Å². The van der Waals surface area contributed by atoms with Gasteiger partial charge in [-0.1, -0.05) is 12.1 Å². The second-order valence-electron chi connectivity index (χ2n) is 5.28. The van der Waals surface area contributed by atoms with Gasteiger partial charge < -0.3 is 14.8 Å². The Labute approximate surface area is 149 Å². The number of carbonyl (C=O) groups excluding carboxylic acids is 2. The minimum Gasteiger partial charge on any atom is -0.490 e. The van der Waals surface area contributed by atoms with E-state index in [0.29, 0.717) is 30.0 Å². The van der Waals surface area contributed by atoms with Gasteiger partial charge in [-0.25, -0.2) is 0 Å². The summed E-state index contributed by atoms with van der Waals surface area (Å²) in [5.74, 6) is 0.0753. The molecule has 0 fully saturated rings. The predicted molar refractivity (Wildman–Crippen MR) is 94.8 cm³/mol. The second-order valence-corrected chi connectivity index (χ2v) is 5.28. The second kappa shape index (κ2) is 8.61. The number of para-hydroxylation sites is 2. The number of benzene rings is 2. The Bertz CT molecular complexity index is 821. The van der Waals surface area contributed by atoms with Crippen molar-refractivity contribution in [3.63, 3.8) is 0 Å². The summed E-state index contributed by atoms with van der Waals surface area (Å²) >= 11 is 0. The van der Waals surface area contributed by atoms with Crippen molar-refractivity contribution < 1.29 is 24.0 Å². The Hall–Kier alpha value is -3.42. The maximum atomic E-state index is 12.3. The largest absolute Gasteiger partial charge is 0.490 e. The molecule has 0 aromatic heterocycles. The molecule has 0 radical (unpaired) electrons. The normalized spacial score (nSPS) is 11.3. The van der Waals surface area contributed by atoms with Gasteiger partial charge in [-0.15, -0.1) is 0 Å².